The Balaban J connectivity index is 1.69. The molecule has 2 heterocycles. The van der Waals surface area contributed by atoms with E-state index in [2.05, 4.69) is 27.2 Å². The topological polar surface area (TPSA) is 75.4 Å². The molecule has 2 rings (SSSR count). The van der Waals surface area contributed by atoms with Crippen LogP contribution >= 0.6 is 0 Å². The van der Waals surface area contributed by atoms with Gasteiger partial charge in [-0.3, -0.25) is 9.89 Å². The van der Waals surface area contributed by atoms with Crippen molar-refractivity contribution in [1.29, 1.82) is 0 Å². The van der Waals surface area contributed by atoms with Crippen molar-refractivity contribution in [2.24, 2.45) is 4.99 Å². The largest absolute Gasteiger partial charge is 0.382 e. The molecule has 1 aromatic rings. The molecule has 0 spiro atoms. The Hall–Kier alpha value is -1.64. The van der Waals surface area contributed by atoms with Crippen molar-refractivity contribution in [3.63, 3.8) is 0 Å². The van der Waals surface area contributed by atoms with Crippen LogP contribution in [-0.4, -0.2) is 87.1 Å². The molecule has 142 valence electrons. The molecule has 1 fully saturated rings. The molecule has 0 unspecified atom stereocenters. The third-order valence-corrected chi connectivity index (χ3v) is 4.02. The molecular formula is C17H31N5O3. The van der Waals surface area contributed by atoms with Gasteiger partial charge in [0.1, 0.15) is 6.26 Å². The van der Waals surface area contributed by atoms with E-state index in [1.54, 1.807) is 13.4 Å². The van der Waals surface area contributed by atoms with E-state index >= 15 is 0 Å². The fraction of sp³-hybridized carbons (Fsp3) is 0.765. The number of piperazine rings is 1. The van der Waals surface area contributed by atoms with Crippen molar-refractivity contribution in [1.82, 2.24) is 20.3 Å². The molecule has 0 aliphatic carbocycles. The van der Waals surface area contributed by atoms with Crippen LogP contribution in [0, 0.1) is 0 Å². The Kier molecular flexibility index (Phi) is 9.32. The maximum absolute atomic E-state index is 5.48. The summed E-state index contributed by atoms with van der Waals surface area (Å²) in [4.78, 5) is 9.45. The zero-order chi connectivity index (χ0) is 17.7. The summed E-state index contributed by atoms with van der Waals surface area (Å²) in [6.07, 6.45) is 2.55. The minimum atomic E-state index is 0.643. The normalized spacial score (nSPS) is 16.4. The lowest BCUT2D eigenvalue weighted by atomic mass is 10.3. The minimum absolute atomic E-state index is 0.643. The summed E-state index contributed by atoms with van der Waals surface area (Å²) in [5.41, 5.74) is 0.988. The standard InChI is InChI=1S/C17H31N5O3/c1-3-18-17(19-6-4-11-24-14-13-23-2)22-9-7-21(8-10-22)15-16-5-12-25-20-16/h5,12H,3-4,6-11,13-15H2,1-2H3,(H,18,19). The Morgan fingerprint density at radius 1 is 1.28 bits per heavy atom. The van der Waals surface area contributed by atoms with Gasteiger partial charge in [-0.05, 0) is 13.3 Å². The number of hydrogen-bond donors (Lipinski definition) is 1. The van der Waals surface area contributed by atoms with E-state index in [4.69, 9.17) is 19.0 Å². The monoisotopic (exact) mass is 353 g/mol. The number of guanidine groups is 1. The van der Waals surface area contributed by atoms with E-state index in [0.29, 0.717) is 13.2 Å². The molecule has 25 heavy (non-hydrogen) atoms. The number of methoxy groups -OCH3 is 1. The highest BCUT2D eigenvalue weighted by atomic mass is 16.5. The summed E-state index contributed by atoms with van der Waals surface area (Å²) >= 11 is 0. The Bertz CT molecular complexity index is 473. The lowest BCUT2D eigenvalue weighted by molar-refractivity contribution is 0.0702. The maximum atomic E-state index is 5.48. The fourth-order valence-electron chi connectivity index (χ4n) is 2.69. The molecule has 1 N–H and O–H groups in total. The number of ether oxygens (including phenoxy) is 2. The molecule has 0 saturated carbocycles. The zero-order valence-corrected chi connectivity index (χ0v) is 15.4. The lowest BCUT2D eigenvalue weighted by Crippen LogP contribution is -2.52. The van der Waals surface area contributed by atoms with Crippen LogP contribution in [0.5, 0.6) is 0 Å². The molecule has 0 radical (unpaired) electrons. The summed E-state index contributed by atoms with van der Waals surface area (Å²) < 4.78 is 15.3. The van der Waals surface area contributed by atoms with Crippen molar-refractivity contribution in [3.05, 3.63) is 18.0 Å². The highest BCUT2D eigenvalue weighted by molar-refractivity contribution is 5.80. The molecule has 1 aliphatic heterocycles. The molecule has 0 amide bonds. The summed E-state index contributed by atoms with van der Waals surface area (Å²) in [6, 6.07) is 1.92. The zero-order valence-electron chi connectivity index (χ0n) is 15.4. The van der Waals surface area contributed by atoms with Crippen LogP contribution in [0.15, 0.2) is 21.8 Å². The Morgan fingerprint density at radius 3 is 2.80 bits per heavy atom. The molecule has 8 nitrogen and oxygen atoms in total. The fourth-order valence-corrected chi connectivity index (χ4v) is 2.69. The van der Waals surface area contributed by atoms with Gasteiger partial charge in [-0.1, -0.05) is 5.16 Å². The molecule has 1 saturated heterocycles. The minimum Gasteiger partial charge on any atom is -0.382 e. The van der Waals surface area contributed by atoms with E-state index in [1.165, 1.54) is 0 Å². The van der Waals surface area contributed by atoms with Gasteiger partial charge in [0, 0.05) is 65.6 Å². The van der Waals surface area contributed by atoms with Crippen molar-refractivity contribution < 1.29 is 14.0 Å². The lowest BCUT2D eigenvalue weighted by Gasteiger charge is -2.36. The number of aliphatic imine (C=N–C) groups is 1. The molecule has 8 heteroatoms. The number of nitrogens with zero attached hydrogens (tertiary/aromatic N) is 4. The number of aromatic nitrogens is 1. The number of hydrogen-bond acceptors (Lipinski definition) is 6. The third-order valence-electron chi connectivity index (χ3n) is 4.02. The molecule has 0 bridgehead atoms. The molecular weight excluding hydrogens is 322 g/mol. The van der Waals surface area contributed by atoms with Gasteiger partial charge in [0.05, 0.1) is 18.9 Å². The van der Waals surface area contributed by atoms with Crippen LogP contribution in [0.2, 0.25) is 0 Å². The van der Waals surface area contributed by atoms with Crippen LogP contribution in [0.1, 0.15) is 19.0 Å². The average Bonchev–Trinajstić information content (AvgIpc) is 3.14. The number of nitrogens with one attached hydrogen (secondary N) is 1. The van der Waals surface area contributed by atoms with Crippen molar-refractivity contribution in [3.8, 4) is 0 Å². The van der Waals surface area contributed by atoms with Crippen LogP contribution < -0.4 is 5.32 Å². The highest BCUT2D eigenvalue weighted by Gasteiger charge is 2.20. The van der Waals surface area contributed by atoms with E-state index in [-0.39, 0.29) is 0 Å². The van der Waals surface area contributed by atoms with E-state index < -0.39 is 0 Å². The van der Waals surface area contributed by atoms with Crippen LogP contribution in [0.3, 0.4) is 0 Å². The van der Waals surface area contributed by atoms with Gasteiger partial charge in [0.25, 0.3) is 0 Å². The summed E-state index contributed by atoms with van der Waals surface area (Å²) in [5.74, 6) is 1.00. The van der Waals surface area contributed by atoms with E-state index in [9.17, 15) is 0 Å². The first kappa shape index (κ1) is 19.7. The van der Waals surface area contributed by atoms with Crippen molar-refractivity contribution in [2.45, 2.75) is 19.9 Å². The van der Waals surface area contributed by atoms with Gasteiger partial charge in [0.15, 0.2) is 5.96 Å². The Morgan fingerprint density at radius 2 is 2.12 bits per heavy atom. The quantitative estimate of drug-likeness (QED) is 0.379. The third kappa shape index (κ3) is 7.41. The van der Waals surface area contributed by atoms with Gasteiger partial charge in [0.2, 0.25) is 0 Å². The smallest absolute Gasteiger partial charge is 0.194 e. The van der Waals surface area contributed by atoms with Gasteiger partial charge < -0.3 is 24.2 Å². The summed E-state index contributed by atoms with van der Waals surface area (Å²) in [6.45, 7) is 10.5. The molecule has 1 aliphatic rings. The molecule has 1 aromatic heterocycles. The van der Waals surface area contributed by atoms with Crippen LogP contribution in [-0.2, 0) is 16.0 Å². The van der Waals surface area contributed by atoms with E-state index in [0.717, 1.165) is 70.5 Å². The SMILES string of the molecule is CCNC(=NCCCOCCOC)N1CCN(Cc2ccon2)CC1. The second kappa shape index (κ2) is 11.8. The first-order chi connectivity index (χ1) is 12.3. The number of rotatable bonds is 10. The predicted molar refractivity (Wildman–Crippen MR) is 96.6 cm³/mol. The highest BCUT2D eigenvalue weighted by Crippen LogP contribution is 2.07. The van der Waals surface area contributed by atoms with E-state index in [1.807, 2.05) is 6.07 Å². The second-order valence-corrected chi connectivity index (χ2v) is 5.95. The van der Waals surface area contributed by atoms with Gasteiger partial charge >= 0.3 is 0 Å². The first-order valence-electron chi connectivity index (χ1n) is 9.05. The average molecular weight is 353 g/mol. The first-order valence-corrected chi connectivity index (χ1v) is 9.05. The Labute approximate surface area is 150 Å². The predicted octanol–water partition coefficient (Wildman–Crippen LogP) is 0.811. The molecule has 0 aromatic carbocycles. The van der Waals surface area contributed by atoms with Gasteiger partial charge in [-0.15, -0.1) is 0 Å². The maximum Gasteiger partial charge on any atom is 0.194 e. The van der Waals surface area contributed by atoms with Gasteiger partial charge in [-0.2, -0.15) is 0 Å². The molecule has 0 atom stereocenters. The summed E-state index contributed by atoms with van der Waals surface area (Å²) in [5, 5.41) is 7.38. The van der Waals surface area contributed by atoms with Gasteiger partial charge in [-0.25, -0.2) is 0 Å². The van der Waals surface area contributed by atoms with Crippen molar-refractivity contribution >= 4 is 5.96 Å². The second-order valence-electron chi connectivity index (χ2n) is 5.95. The van der Waals surface area contributed by atoms with Crippen LogP contribution in [0.25, 0.3) is 0 Å². The van der Waals surface area contributed by atoms with Crippen LogP contribution in [0.4, 0.5) is 0 Å². The van der Waals surface area contributed by atoms with Crippen molar-refractivity contribution in [2.75, 3.05) is 66.2 Å². The summed E-state index contributed by atoms with van der Waals surface area (Å²) in [7, 11) is 1.68.